The van der Waals surface area contributed by atoms with Gasteiger partial charge >= 0.3 is 5.97 Å². The number of aliphatic imine (C=N–C) groups is 2. The lowest BCUT2D eigenvalue weighted by atomic mass is 9.64. The van der Waals surface area contributed by atoms with Crippen molar-refractivity contribution >= 4 is 47.1 Å². The first kappa shape index (κ1) is 52.2. The van der Waals surface area contributed by atoms with E-state index in [4.69, 9.17) is 19.2 Å². The van der Waals surface area contributed by atoms with Crippen molar-refractivity contribution in [3.05, 3.63) is 116 Å². The Morgan fingerprint density at radius 2 is 1.73 bits per heavy atom. The van der Waals surface area contributed by atoms with E-state index in [0.717, 1.165) is 37.7 Å². The predicted molar refractivity (Wildman–Crippen MR) is 260 cm³/mol. The number of carbonyl (C=O) groups is 6. The van der Waals surface area contributed by atoms with Gasteiger partial charge in [-0.3, -0.25) is 38.8 Å². The maximum absolute atomic E-state index is 15.4. The summed E-state index contributed by atoms with van der Waals surface area (Å²) in [4.78, 5) is 100.0. The molecule has 1 aromatic heterocycles. The fraction of sp³-hybridized carbons (Fsp3) is 0.481. The van der Waals surface area contributed by atoms with Gasteiger partial charge in [0, 0.05) is 23.5 Å². The molecule has 0 radical (unpaired) electrons. The number of esters is 1. The number of rotatable bonds is 19. The van der Waals surface area contributed by atoms with E-state index >= 15 is 4.39 Å². The number of cyclic esters (lactones) is 1. The molecule has 3 aliphatic heterocycles. The van der Waals surface area contributed by atoms with Crippen molar-refractivity contribution in [3.63, 3.8) is 0 Å². The van der Waals surface area contributed by atoms with E-state index in [1.165, 1.54) is 10.6 Å². The first-order valence-corrected chi connectivity index (χ1v) is 24.7. The summed E-state index contributed by atoms with van der Waals surface area (Å²) < 4.78 is 33.2. The zero-order valence-corrected chi connectivity index (χ0v) is 40.8. The minimum Gasteiger partial charge on any atom is -0.860 e. The van der Waals surface area contributed by atoms with Crippen LogP contribution < -0.4 is 37.2 Å². The number of hydrogen-bond donors (Lipinski definition) is 6. The molecule has 6 N–H and O–H groups in total. The summed E-state index contributed by atoms with van der Waals surface area (Å²) in [5.74, 6) is -5.75. The van der Waals surface area contributed by atoms with Crippen molar-refractivity contribution in [2.45, 2.75) is 109 Å². The second kappa shape index (κ2) is 23.2. The third-order valence-corrected chi connectivity index (χ3v) is 14.1. The maximum atomic E-state index is 15.4. The van der Waals surface area contributed by atoms with Gasteiger partial charge in [0.15, 0.2) is 5.60 Å². The minimum absolute atomic E-state index is 0.0409. The Morgan fingerprint density at radius 3 is 2.52 bits per heavy atom. The molecule has 6 aliphatic rings. The molecule has 2 aromatic rings. The fourth-order valence-electron chi connectivity index (χ4n) is 10.2. The number of aromatic nitrogens is 1. The summed E-state index contributed by atoms with van der Waals surface area (Å²) in [6, 6.07) is 8.58. The van der Waals surface area contributed by atoms with Gasteiger partial charge in [-0.1, -0.05) is 62.2 Å². The highest BCUT2D eigenvalue weighted by Gasteiger charge is 2.49. The number of pyridine rings is 1. The molecule has 1 saturated carbocycles. The van der Waals surface area contributed by atoms with Crippen LogP contribution in [0.1, 0.15) is 87.6 Å². The van der Waals surface area contributed by atoms with Crippen molar-refractivity contribution < 1.29 is 57.6 Å². The van der Waals surface area contributed by atoms with Gasteiger partial charge in [-0.25, -0.2) is 9.18 Å². The SMILES string of the molecule is CC[C@@]1(O)C(=O)OCc2c1cc1n(c2=O)CC2=C3C(N=C([O-])COCNC(=O)CNC(=O)C(Cc4ccccc4)NC(=O)CNC(=O)CNC(=O)COC4/C=C\CCCCC4)CCC4C(C)=C(F)C=C(N=C21)C34. The molecule has 0 bridgehead atoms. The highest BCUT2D eigenvalue weighted by Crippen LogP contribution is 2.52. The Hall–Kier alpha value is -7.10. The van der Waals surface area contributed by atoms with Crippen molar-refractivity contribution in [1.29, 1.82) is 0 Å². The van der Waals surface area contributed by atoms with Crippen LogP contribution >= 0.6 is 0 Å². The molecule has 0 saturated heterocycles. The Labute approximate surface area is 420 Å². The molecular weight excluding hydrogens is 948 g/mol. The normalized spacial score (nSPS) is 23.9. The molecule has 6 atom stereocenters. The van der Waals surface area contributed by atoms with E-state index in [1.807, 2.05) is 12.2 Å². The van der Waals surface area contributed by atoms with Gasteiger partial charge in [0.05, 0.1) is 67.6 Å². The van der Waals surface area contributed by atoms with Gasteiger partial charge in [-0.05, 0) is 86.1 Å². The van der Waals surface area contributed by atoms with E-state index in [-0.39, 0.29) is 62.3 Å². The number of allylic oxidation sites excluding steroid dienone is 6. The predicted octanol–water partition coefficient (Wildman–Crippen LogP) is 0.982. The van der Waals surface area contributed by atoms with Crippen LogP contribution in [0.5, 0.6) is 0 Å². The zero-order valence-electron chi connectivity index (χ0n) is 40.8. The third kappa shape index (κ3) is 11.9. The van der Waals surface area contributed by atoms with Gasteiger partial charge in [0.2, 0.25) is 29.5 Å². The Morgan fingerprint density at radius 1 is 0.973 bits per heavy atom. The first-order valence-electron chi connectivity index (χ1n) is 24.7. The molecule has 5 amide bonds. The largest absolute Gasteiger partial charge is 0.860 e. The molecule has 20 nitrogen and oxygen atoms in total. The lowest BCUT2D eigenvalue weighted by Gasteiger charge is -2.43. The number of fused-ring (bicyclic) bond motifs is 4. The molecule has 1 aromatic carbocycles. The van der Waals surface area contributed by atoms with Crippen LogP contribution in [0.15, 0.2) is 97.6 Å². The highest BCUT2D eigenvalue weighted by molar-refractivity contribution is 6.15. The zero-order chi connectivity index (χ0) is 51.8. The molecular formula is C52H60FN8O12-. The van der Waals surface area contributed by atoms with E-state index < -0.39 is 103 Å². The number of halogens is 1. The van der Waals surface area contributed by atoms with Gasteiger partial charge in [-0.15, -0.1) is 0 Å². The van der Waals surface area contributed by atoms with Gasteiger partial charge in [0.25, 0.3) is 5.56 Å². The van der Waals surface area contributed by atoms with Crippen molar-refractivity contribution in [3.8, 4) is 0 Å². The van der Waals surface area contributed by atoms with Crippen LogP contribution in [0.4, 0.5) is 4.39 Å². The number of nitrogens with one attached hydrogen (secondary N) is 5. The second-order valence-electron chi connectivity index (χ2n) is 18.9. The van der Waals surface area contributed by atoms with Crippen LogP contribution in [0, 0.1) is 11.8 Å². The average molecular weight is 1010 g/mol. The molecule has 5 unspecified atom stereocenters. The van der Waals surface area contributed by atoms with Crippen LogP contribution in [0.2, 0.25) is 0 Å². The van der Waals surface area contributed by atoms with E-state index in [0.29, 0.717) is 46.7 Å². The van der Waals surface area contributed by atoms with Crippen LogP contribution in [-0.4, -0.2) is 115 Å². The van der Waals surface area contributed by atoms with Gasteiger partial charge in [-0.2, -0.15) is 0 Å². The molecule has 3 aliphatic carbocycles. The average Bonchev–Trinajstić information content (AvgIpc) is 3.74. The molecule has 8 rings (SSSR count). The standard InChI is InChI=1S/C52H61FN8O12/c1-3-52(70)35-19-40-48-33(24-61(40)50(68)34(35)25-73-51(52)69)47-37(17-16-32-29(2)36(53)20-38(60-48)46(32)47)58-45(66)26-71-28-57-42(63)22-56-49(67)39(18-30-12-8-7-9-13-30)59-43(64)23-54-41(62)21-55-44(65)27-72-31-14-10-5-4-6-11-15-31/h7-10,12-14,19-20,31-32,37,39,46,70H,3-6,11,15-18,21-28H2,1-2H3,(H,54,62)(H,55,65)(H,56,67)(H,57,63)(H,58,66)(H,59,64)/p-1/b14-10-/t31?,32?,37?,39?,46?,52-/m0/s1. The quantitative estimate of drug-likeness (QED) is 0.0287. The summed E-state index contributed by atoms with van der Waals surface area (Å²) in [5.41, 5.74) is 1.56. The number of hydrogen-bond acceptors (Lipinski definition) is 14. The Kier molecular flexibility index (Phi) is 16.6. The Balaban J connectivity index is 0.834. The molecule has 1 fully saturated rings. The highest BCUT2D eigenvalue weighted by atomic mass is 19.1. The summed E-state index contributed by atoms with van der Waals surface area (Å²) in [6.45, 7) is 0.551. The van der Waals surface area contributed by atoms with E-state index in [9.17, 15) is 43.8 Å². The lowest BCUT2D eigenvalue weighted by Crippen LogP contribution is -2.52. The molecule has 73 heavy (non-hydrogen) atoms. The van der Waals surface area contributed by atoms with E-state index in [2.05, 4.69) is 31.6 Å². The van der Waals surface area contributed by atoms with Gasteiger partial charge in [0.1, 0.15) is 31.8 Å². The smallest absolute Gasteiger partial charge is 0.343 e. The third-order valence-electron chi connectivity index (χ3n) is 14.1. The maximum Gasteiger partial charge on any atom is 0.343 e. The lowest BCUT2D eigenvalue weighted by molar-refractivity contribution is -0.224. The number of ether oxygens (including phenoxy) is 3. The molecule has 21 heteroatoms. The van der Waals surface area contributed by atoms with E-state index in [1.54, 1.807) is 50.2 Å². The van der Waals surface area contributed by atoms with Crippen LogP contribution in [0.25, 0.3) is 0 Å². The minimum atomic E-state index is -2.04. The topological polar surface area (TPSA) is 280 Å². The second-order valence-corrected chi connectivity index (χ2v) is 18.9. The van der Waals surface area contributed by atoms with Gasteiger partial charge < -0.3 is 55.6 Å². The number of aliphatic hydroxyl groups is 1. The number of nitrogens with zero attached hydrogens (tertiary/aromatic N) is 3. The number of carbonyl (C=O) groups excluding carboxylic acids is 6. The molecule has 388 valence electrons. The van der Waals surface area contributed by atoms with Crippen molar-refractivity contribution in [2.24, 2.45) is 21.8 Å². The van der Waals surface area contributed by atoms with Crippen LogP contribution in [-0.2, 0) is 68.2 Å². The molecule has 0 spiro atoms. The van der Waals surface area contributed by atoms with Crippen LogP contribution in [0.3, 0.4) is 0 Å². The summed E-state index contributed by atoms with van der Waals surface area (Å²) in [7, 11) is 0. The summed E-state index contributed by atoms with van der Waals surface area (Å²) in [6.07, 6.45) is 11.1. The van der Waals surface area contributed by atoms with Crippen molar-refractivity contribution in [1.82, 2.24) is 31.2 Å². The number of dihydropyridines is 1. The monoisotopic (exact) mass is 1010 g/mol. The summed E-state index contributed by atoms with van der Waals surface area (Å²) in [5, 5.41) is 37.2. The number of benzene rings is 1. The number of amides is 5. The fourth-order valence-corrected chi connectivity index (χ4v) is 10.2. The first-order chi connectivity index (χ1) is 35.1. The molecule has 4 heterocycles. The Bertz CT molecular complexity index is 2780. The summed E-state index contributed by atoms with van der Waals surface area (Å²) >= 11 is 0. The van der Waals surface area contributed by atoms with Crippen molar-refractivity contribution in [2.75, 3.05) is 39.6 Å².